The Morgan fingerprint density at radius 3 is 2.81 bits per heavy atom. The van der Waals surface area contributed by atoms with E-state index in [4.69, 9.17) is 4.74 Å². The van der Waals surface area contributed by atoms with Gasteiger partial charge in [0.2, 0.25) is 10.0 Å². The van der Waals surface area contributed by atoms with E-state index < -0.39 is 16.0 Å². The molecule has 2 heterocycles. The van der Waals surface area contributed by atoms with Crippen LogP contribution >= 0.6 is 11.3 Å². The topological polar surface area (TPSA) is 106 Å². The Hall–Kier alpha value is -2.46. The molecule has 10 heteroatoms. The summed E-state index contributed by atoms with van der Waals surface area (Å²) in [6.07, 6.45) is 1.70. The standard InChI is InChI=1S/C17H19N3O5S2/c1-4-25-16(22)13-9-26-17(18-13)19-15(21)11-5-6-14-12(8-11)7-10(2)20(14)27(3,23)24/h5-6,8-10H,4,7H2,1-3H3,(H,18,19,21). The van der Waals surface area contributed by atoms with Gasteiger partial charge in [0.1, 0.15) is 0 Å². The second-order valence-electron chi connectivity index (χ2n) is 6.17. The number of esters is 1. The number of hydrogen-bond donors (Lipinski definition) is 1. The van der Waals surface area contributed by atoms with Crippen molar-refractivity contribution in [1.29, 1.82) is 0 Å². The molecule has 1 aromatic carbocycles. The second kappa shape index (κ2) is 7.28. The maximum Gasteiger partial charge on any atom is 0.357 e. The predicted molar refractivity (Wildman–Crippen MR) is 103 cm³/mol. The van der Waals surface area contributed by atoms with Crippen LogP contribution in [0.5, 0.6) is 0 Å². The van der Waals surface area contributed by atoms with Crippen LogP contribution in [0.15, 0.2) is 23.6 Å². The van der Waals surface area contributed by atoms with Gasteiger partial charge in [0.15, 0.2) is 10.8 Å². The Morgan fingerprint density at radius 1 is 1.41 bits per heavy atom. The number of benzene rings is 1. The molecule has 0 saturated carbocycles. The van der Waals surface area contributed by atoms with Gasteiger partial charge >= 0.3 is 5.97 Å². The van der Waals surface area contributed by atoms with Crippen molar-refractivity contribution in [3.8, 4) is 0 Å². The van der Waals surface area contributed by atoms with E-state index in [0.29, 0.717) is 17.7 Å². The molecular formula is C17H19N3O5S2. The van der Waals surface area contributed by atoms with Crippen molar-refractivity contribution < 1.29 is 22.7 Å². The molecule has 144 valence electrons. The zero-order valence-corrected chi connectivity index (χ0v) is 16.7. The molecule has 0 radical (unpaired) electrons. The van der Waals surface area contributed by atoms with Crippen molar-refractivity contribution in [2.45, 2.75) is 26.3 Å². The fourth-order valence-electron chi connectivity index (χ4n) is 3.05. The zero-order valence-electron chi connectivity index (χ0n) is 15.1. The summed E-state index contributed by atoms with van der Waals surface area (Å²) in [5.74, 6) is -0.922. The van der Waals surface area contributed by atoms with E-state index >= 15 is 0 Å². The van der Waals surface area contributed by atoms with Crippen molar-refractivity contribution >= 4 is 44.1 Å². The highest BCUT2D eigenvalue weighted by Gasteiger charge is 2.32. The van der Waals surface area contributed by atoms with Crippen molar-refractivity contribution in [3.05, 3.63) is 40.4 Å². The number of aromatic nitrogens is 1. The average molecular weight is 409 g/mol. The number of hydrogen-bond acceptors (Lipinski definition) is 7. The number of amides is 1. The van der Waals surface area contributed by atoms with E-state index in [1.54, 1.807) is 25.1 Å². The normalized spacial score (nSPS) is 16.1. The van der Waals surface area contributed by atoms with Crippen LogP contribution in [0.1, 0.15) is 40.3 Å². The van der Waals surface area contributed by atoms with E-state index in [9.17, 15) is 18.0 Å². The molecule has 8 nitrogen and oxygen atoms in total. The lowest BCUT2D eigenvalue weighted by Gasteiger charge is -2.21. The second-order valence-corrected chi connectivity index (χ2v) is 8.89. The molecule has 1 aliphatic heterocycles. The minimum absolute atomic E-state index is 0.142. The van der Waals surface area contributed by atoms with Gasteiger partial charge in [-0.1, -0.05) is 0 Å². The lowest BCUT2D eigenvalue weighted by Crippen LogP contribution is -2.34. The fraction of sp³-hybridized carbons (Fsp3) is 0.353. The summed E-state index contributed by atoms with van der Waals surface area (Å²) in [6.45, 7) is 3.77. The van der Waals surface area contributed by atoms with Crippen LogP contribution in [0.25, 0.3) is 0 Å². The van der Waals surface area contributed by atoms with Crippen molar-refractivity contribution in [1.82, 2.24) is 4.98 Å². The third-order valence-electron chi connectivity index (χ3n) is 4.06. The fourth-order valence-corrected chi connectivity index (χ4v) is 4.99. The molecular weight excluding hydrogens is 390 g/mol. The van der Waals surface area contributed by atoms with Gasteiger partial charge in [-0.25, -0.2) is 18.2 Å². The smallest absolute Gasteiger partial charge is 0.357 e. The minimum Gasteiger partial charge on any atom is -0.461 e. The lowest BCUT2D eigenvalue weighted by molar-refractivity contribution is 0.0520. The Labute approximate surface area is 161 Å². The maximum atomic E-state index is 12.5. The molecule has 0 saturated heterocycles. The number of rotatable bonds is 5. The first kappa shape index (κ1) is 19.3. The maximum absolute atomic E-state index is 12.5. The van der Waals surface area contributed by atoms with Gasteiger partial charge in [0.25, 0.3) is 5.91 Å². The van der Waals surface area contributed by atoms with Crippen LogP contribution in [0.3, 0.4) is 0 Å². The largest absolute Gasteiger partial charge is 0.461 e. The number of fused-ring (bicyclic) bond motifs is 1. The van der Waals surface area contributed by atoms with Crippen LogP contribution in [-0.2, 0) is 21.2 Å². The Morgan fingerprint density at radius 2 is 2.15 bits per heavy atom. The van der Waals surface area contributed by atoms with Crippen molar-refractivity contribution in [2.75, 3.05) is 22.5 Å². The van der Waals surface area contributed by atoms with E-state index in [0.717, 1.165) is 16.9 Å². The molecule has 1 N–H and O–H groups in total. The Balaban J connectivity index is 1.78. The summed E-state index contributed by atoms with van der Waals surface area (Å²) < 4.78 is 30.2. The molecule has 1 aromatic heterocycles. The van der Waals surface area contributed by atoms with Gasteiger partial charge in [0, 0.05) is 17.0 Å². The quantitative estimate of drug-likeness (QED) is 0.760. The number of nitrogens with zero attached hydrogens (tertiary/aromatic N) is 2. The van der Waals surface area contributed by atoms with Crippen LogP contribution in [0.4, 0.5) is 10.8 Å². The molecule has 3 rings (SSSR count). The Kier molecular flexibility index (Phi) is 5.20. The lowest BCUT2D eigenvalue weighted by atomic mass is 10.1. The molecule has 2 aromatic rings. The summed E-state index contributed by atoms with van der Waals surface area (Å²) in [6, 6.07) is 4.70. The average Bonchev–Trinajstić information content (AvgIpc) is 3.17. The van der Waals surface area contributed by atoms with Crippen molar-refractivity contribution in [2.24, 2.45) is 0 Å². The number of sulfonamides is 1. The van der Waals surface area contributed by atoms with E-state index in [1.807, 2.05) is 6.92 Å². The number of ether oxygens (including phenoxy) is 1. The first-order chi connectivity index (χ1) is 12.7. The Bertz CT molecular complexity index is 1000. The highest BCUT2D eigenvalue weighted by Crippen LogP contribution is 2.34. The van der Waals surface area contributed by atoms with Crippen molar-refractivity contribution in [3.63, 3.8) is 0 Å². The molecule has 1 atom stereocenters. The van der Waals surface area contributed by atoms with Crippen LogP contribution in [-0.4, -0.2) is 44.2 Å². The SMILES string of the molecule is CCOC(=O)c1csc(NC(=O)c2ccc3c(c2)CC(C)N3S(C)(=O)=O)n1. The van der Waals surface area contributed by atoms with Gasteiger partial charge in [-0.15, -0.1) is 11.3 Å². The third kappa shape index (κ3) is 3.96. The molecule has 27 heavy (non-hydrogen) atoms. The number of nitrogens with one attached hydrogen (secondary N) is 1. The highest BCUT2D eigenvalue weighted by atomic mass is 32.2. The first-order valence-corrected chi connectivity index (χ1v) is 11.0. The van der Waals surface area contributed by atoms with Gasteiger partial charge in [0.05, 0.1) is 18.6 Å². The summed E-state index contributed by atoms with van der Waals surface area (Å²) >= 11 is 1.12. The number of carbonyl (C=O) groups excluding carboxylic acids is 2. The monoisotopic (exact) mass is 409 g/mol. The molecule has 1 aliphatic rings. The van der Waals surface area contributed by atoms with Gasteiger partial charge in [-0.05, 0) is 44.0 Å². The van der Waals surface area contributed by atoms with Crippen LogP contribution in [0.2, 0.25) is 0 Å². The first-order valence-electron chi connectivity index (χ1n) is 8.27. The minimum atomic E-state index is -3.38. The van der Waals surface area contributed by atoms with E-state index in [1.165, 1.54) is 15.9 Å². The van der Waals surface area contributed by atoms with Gasteiger partial charge in [-0.3, -0.25) is 14.4 Å². The molecule has 0 aliphatic carbocycles. The highest BCUT2D eigenvalue weighted by molar-refractivity contribution is 7.92. The van der Waals surface area contributed by atoms with E-state index in [-0.39, 0.29) is 29.4 Å². The number of thiazole rings is 1. The zero-order chi connectivity index (χ0) is 19.8. The number of anilines is 2. The summed E-state index contributed by atoms with van der Waals surface area (Å²) in [5, 5.41) is 4.45. The van der Waals surface area contributed by atoms with Gasteiger partial charge < -0.3 is 4.74 Å². The summed E-state index contributed by atoms with van der Waals surface area (Å²) in [4.78, 5) is 28.2. The van der Waals surface area contributed by atoms with Crippen LogP contribution in [0, 0.1) is 0 Å². The van der Waals surface area contributed by atoms with E-state index in [2.05, 4.69) is 10.3 Å². The molecule has 0 spiro atoms. The predicted octanol–water partition coefficient (Wildman–Crippen LogP) is 2.28. The molecule has 0 fully saturated rings. The number of carbonyl (C=O) groups is 2. The molecule has 1 unspecified atom stereocenters. The molecule has 1 amide bonds. The summed E-state index contributed by atoms with van der Waals surface area (Å²) in [7, 11) is -3.38. The van der Waals surface area contributed by atoms with Crippen LogP contribution < -0.4 is 9.62 Å². The molecule has 0 bridgehead atoms. The van der Waals surface area contributed by atoms with Gasteiger partial charge in [-0.2, -0.15) is 0 Å². The summed E-state index contributed by atoms with van der Waals surface area (Å²) in [5.41, 5.74) is 1.93. The third-order valence-corrected chi connectivity index (χ3v) is 6.09.